The predicted molar refractivity (Wildman–Crippen MR) is 31.3 cm³/mol. The summed E-state index contributed by atoms with van der Waals surface area (Å²) in [6, 6.07) is 0.833. The van der Waals surface area contributed by atoms with Crippen molar-refractivity contribution in [1.29, 1.82) is 0 Å². The van der Waals surface area contributed by atoms with E-state index in [4.69, 9.17) is 0 Å². The van der Waals surface area contributed by atoms with Crippen LogP contribution in [0.5, 0.6) is 0 Å². The van der Waals surface area contributed by atoms with Gasteiger partial charge in [0, 0.05) is 12.6 Å². The Bertz CT molecular complexity index is 62.6. The number of hydrogen-bond donors (Lipinski definition) is 0. The van der Waals surface area contributed by atoms with Gasteiger partial charge in [0.2, 0.25) is 0 Å². The fraction of sp³-hybridized carbons (Fsp3) is 1.00. The van der Waals surface area contributed by atoms with Gasteiger partial charge in [-0.2, -0.15) is 0 Å². The van der Waals surface area contributed by atoms with Crippen molar-refractivity contribution in [3.63, 3.8) is 0 Å². The molecule has 0 aromatic rings. The highest BCUT2D eigenvalue weighted by Crippen LogP contribution is 2.20. The van der Waals surface area contributed by atoms with Crippen LogP contribution in [0.4, 0.5) is 0 Å². The standard InChI is InChI=1S/C6H13N/c1-5-4-7(3)6(5)2/h5-6H,4H2,1-3H3/t5?,6-/m1/s1. The molecule has 42 valence electrons. The quantitative estimate of drug-likeness (QED) is 0.437. The zero-order chi connectivity index (χ0) is 5.44. The smallest absolute Gasteiger partial charge is 0.0102 e. The summed E-state index contributed by atoms with van der Waals surface area (Å²) in [6.45, 7) is 5.86. The van der Waals surface area contributed by atoms with Gasteiger partial charge in [-0.15, -0.1) is 0 Å². The minimum absolute atomic E-state index is 0.833. The molecule has 1 saturated heterocycles. The van der Waals surface area contributed by atoms with Crippen molar-refractivity contribution in [2.45, 2.75) is 19.9 Å². The van der Waals surface area contributed by atoms with Gasteiger partial charge in [0.25, 0.3) is 0 Å². The zero-order valence-corrected chi connectivity index (χ0v) is 5.31. The summed E-state index contributed by atoms with van der Waals surface area (Å²) in [4.78, 5) is 2.37. The number of rotatable bonds is 0. The molecule has 0 radical (unpaired) electrons. The second kappa shape index (κ2) is 1.48. The first-order chi connectivity index (χ1) is 3.22. The lowest BCUT2D eigenvalue weighted by Gasteiger charge is -2.41. The molecule has 1 aliphatic heterocycles. The summed E-state index contributed by atoms with van der Waals surface area (Å²) in [5.41, 5.74) is 0. The molecular formula is C6H13N. The molecule has 2 atom stereocenters. The van der Waals surface area contributed by atoms with Gasteiger partial charge in [0.05, 0.1) is 0 Å². The van der Waals surface area contributed by atoms with Crippen molar-refractivity contribution in [3.05, 3.63) is 0 Å². The number of hydrogen-bond acceptors (Lipinski definition) is 1. The average molecular weight is 99.2 g/mol. The fourth-order valence-electron chi connectivity index (χ4n) is 1.07. The Morgan fingerprint density at radius 1 is 1.43 bits per heavy atom. The van der Waals surface area contributed by atoms with E-state index in [1.54, 1.807) is 0 Å². The lowest BCUT2D eigenvalue weighted by Crippen LogP contribution is -2.50. The van der Waals surface area contributed by atoms with Crippen LogP contribution in [-0.4, -0.2) is 24.5 Å². The van der Waals surface area contributed by atoms with E-state index in [-0.39, 0.29) is 0 Å². The molecular weight excluding hydrogens is 86.1 g/mol. The minimum Gasteiger partial charge on any atom is -0.303 e. The second-order valence-electron chi connectivity index (χ2n) is 2.66. The molecule has 1 heteroatoms. The van der Waals surface area contributed by atoms with Gasteiger partial charge < -0.3 is 4.90 Å². The first-order valence-electron chi connectivity index (χ1n) is 2.92. The molecule has 0 bridgehead atoms. The summed E-state index contributed by atoms with van der Waals surface area (Å²) >= 11 is 0. The highest BCUT2D eigenvalue weighted by Gasteiger charge is 2.27. The molecule has 0 aliphatic carbocycles. The molecule has 1 aliphatic rings. The van der Waals surface area contributed by atoms with Gasteiger partial charge in [0.15, 0.2) is 0 Å². The monoisotopic (exact) mass is 99.1 g/mol. The van der Waals surface area contributed by atoms with Crippen LogP contribution in [0.3, 0.4) is 0 Å². The third-order valence-electron chi connectivity index (χ3n) is 2.09. The first-order valence-corrected chi connectivity index (χ1v) is 2.92. The molecule has 0 aromatic heterocycles. The van der Waals surface area contributed by atoms with Crippen LogP contribution in [0.25, 0.3) is 0 Å². The molecule has 1 unspecified atom stereocenters. The summed E-state index contributed by atoms with van der Waals surface area (Å²) in [6.07, 6.45) is 0. The van der Waals surface area contributed by atoms with E-state index in [0.29, 0.717) is 0 Å². The van der Waals surface area contributed by atoms with Crippen molar-refractivity contribution in [1.82, 2.24) is 4.90 Å². The highest BCUT2D eigenvalue weighted by atomic mass is 15.2. The molecule has 0 aromatic carbocycles. The van der Waals surface area contributed by atoms with E-state index in [0.717, 1.165) is 12.0 Å². The van der Waals surface area contributed by atoms with E-state index in [1.165, 1.54) is 6.54 Å². The molecule has 1 rings (SSSR count). The Hall–Kier alpha value is -0.0400. The maximum atomic E-state index is 2.37. The molecule has 1 fully saturated rings. The van der Waals surface area contributed by atoms with Crippen LogP contribution in [0.1, 0.15) is 13.8 Å². The molecule has 0 spiro atoms. The summed E-state index contributed by atoms with van der Waals surface area (Å²) in [5.74, 6) is 0.935. The van der Waals surface area contributed by atoms with E-state index in [1.807, 2.05) is 0 Å². The summed E-state index contributed by atoms with van der Waals surface area (Å²) in [5, 5.41) is 0. The van der Waals surface area contributed by atoms with Gasteiger partial charge >= 0.3 is 0 Å². The van der Waals surface area contributed by atoms with Crippen LogP contribution in [0.15, 0.2) is 0 Å². The molecule has 0 N–H and O–H groups in total. The first kappa shape index (κ1) is 5.10. The maximum absolute atomic E-state index is 2.37. The van der Waals surface area contributed by atoms with Crippen LogP contribution in [-0.2, 0) is 0 Å². The normalized spacial score (nSPS) is 43.3. The van der Waals surface area contributed by atoms with Crippen LogP contribution < -0.4 is 0 Å². The van der Waals surface area contributed by atoms with E-state index in [2.05, 4.69) is 25.8 Å². The Kier molecular flexibility index (Phi) is 1.08. The van der Waals surface area contributed by atoms with Crippen molar-refractivity contribution < 1.29 is 0 Å². The van der Waals surface area contributed by atoms with Crippen molar-refractivity contribution in [2.24, 2.45) is 5.92 Å². The minimum atomic E-state index is 0.833. The van der Waals surface area contributed by atoms with Gasteiger partial charge in [-0.3, -0.25) is 0 Å². The van der Waals surface area contributed by atoms with Gasteiger partial charge in [-0.25, -0.2) is 0 Å². The lowest BCUT2D eigenvalue weighted by molar-refractivity contribution is 0.0680. The topological polar surface area (TPSA) is 3.24 Å². The van der Waals surface area contributed by atoms with Crippen molar-refractivity contribution in [3.8, 4) is 0 Å². The molecule has 0 amide bonds. The Labute approximate surface area is 45.3 Å². The van der Waals surface area contributed by atoms with Crippen molar-refractivity contribution in [2.75, 3.05) is 13.6 Å². The molecule has 1 nitrogen and oxygen atoms in total. The second-order valence-corrected chi connectivity index (χ2v) is 2.66. The average Bonchev–Trinajstić information content (AvgIpc) is 1.68. The highest BCUT2D eigenvalue weighted by molar-refractivity contribution is 4.82. The Morgan fingerprint density at radius 3 is 2.00 bits per heavy atom. The maximum Gasteiger partial charge on any atom is 0.0102 e. The van der Waals surface area contributed by atoms with E-state index < -0.39 is 0 Å². The van der Waals surface area contributed by atoms with Gasteiger partial charge in [0.1, 0.15) is 0 Å². The Morgan fingerprint density at radius 2 is 2.00 bits per heavy atom. The number of likely N-dealkylation sites (tertiary alicyclic amines) is 1. The molecule has 0 saturated carbocycles. The number of nitrogens with zero attached hydrogens (tertiary/aromatic N) is 1. The SMILES string of the molecule is CC1CN(C)[C@@H]1C. The van der Waals surface area contributed by atoms with E-state index >= 15 is 0 Å². The third-order valence-corrected chi connectivity index (χ3v) is 2.09. The summed E-state index contributed by atoms with van der Waals surface area (Å²) < 4.78 is 0. The lowest BCUT2D eigenvalue weighted by atomic mass is 9.93. The zero-order valence-electron chi connectivity index (χ0n) is 5.31. The van der Waals surface area contributed by atoms with Crippen molar-refractivity contribution >= 4 is 0 Å². The largest absolute Gasteiger partial charge is 0.303 e. The fourth-order valence-corrected chi connectivity index (χ4v) is 1.07. The third kappa shape index (κ3) is 0.653. The van der Waals surface area contributed by atoms with Crippen LogP contribution in [0.2, 0.25) is 0 Å². The molecule has 1 heterocycles. The van der Waals surface area contributed by atoms with Crippen LogP contribution >= 0.6 is 0 Å². The molecule has 7 heavy (non-hydrogen) atoms. The van der Waals surface area contributed by atoms with Gasteiger partial charge in [-0.05, 0) is 19.9 Å². The van der Waals surface area contributed by atoms with Crippen LogP contribution in [0, 0.1) is 5.92 Å². The predicted octanol–water partition coefficient (Wildman–Crippen LogP) is 0.956. The van der Waals surface area contributed by atoms with E-state index in [9.17, 15) is 0 Å². The summed E-state index contributed by atoms with van der Waals surface area (Å²) in [7, 11) is 2.17. The van der Waals surface area contributed by atoms with Gasteiger partial charge in [-0.1, -0.05) is 6.92 Å². The Balaban J connectivity index is 2.29.